The van der Waals surface area contributed by atoms with Crippen LogP contribution < -0.4 is 5.32 Å². The summed E-state index contributed by atoms with van der Waals surface area (Å²) in [5.74, 6) is -1.23. The van der Waals surface area contributed by atoms with Crippen LogP contribution in [0.5, 0.6) is 0 Å². The summed E-state index contributed by atoms with van der Waals surface area (Å²) in [7, 11) is 2.03. The van der Waals surface area contributed by atoms with E-state index in [9.17, 15) is 17.6 Å². The zero-order chi connectivity index (χ0) is 16.0. The number of halogens is 4. The number of rotatable bonds is 7. The van der Waals surface area contributed by atoms with Gasteiger partial charge in [0.2, 0.25) is 0 Å². The third kappa shape index (κ3) is 6.01. The molecule has 0 atom stereocenters. The van der Waals surface area contributed by atoms with Gasteiger partial charge in [-0.15, -0.1) is 0 Å². The standard InChI is InChI=1S/C15H22F4N2/c1-11(2)21(3)8-4-7-20-10-12-5-6-14(16)13(9-12)15(17,18)19/h5-6,9,11,20H,4,7-8,10H2,1-3H3. The van der Waals surface area contributed by atoms with Gasteiger partial charge in [-0.05, 0) is 58.1 Å². The highest BCUT2D eigenvalue weighted by Gasteiger charge is 2.34. The van der Waals surface area contributed by atoms with Crippen molar-refractivity contribution < 1.29 is 17.6 Å². The molecule has 1 rings (SSSR count). The Morgan fingerprint density at radius 1 is 1.24 bits per heavy atom. The lowest BCUT2D eigenvalue weighted by molar-refractivity contribution is -0.140. The summed E-state index contributed by atoms with van der Waals surface area (Å²) < 4.78 is 50.8. The highest BCUT2D eigenvalue weighted by Crippen LogP contribution is 2.31. The van der Waals surface area contributed by atoms with Gasteiger partial charge in [0.05, 0.1) is 5.56 Å². The zero-order valence-electron chi connectivity index (χ0n) is 12.6. The predicted molar refractivity (Wildman–Crippen MR) is 75.5 cm³/mol. The first kappa shape index (κ1) is 17.9. The first-order valence-corrected chi connectivity index (χ1v) is 6.98. The molecule has 1 aromatic rings. The fraction of sp³-hybridized carbons (Fsp3) is 0.600. The summed E-state index contributed by atoms with van der Waals surface area (Å²) in [6.07, 6.45) is -3.75. The normalized spacial score (nSPS) is 12.4. The molecule has 0 aliphatic carbocycles. The van der Waals surface area contributed by atoms with Crippen molar-refractivity contribution >= 4 is 0 Å². The molecule has 0 radical (unpaired) electrons. The summed E-state index contributed by atoms with van der Waals surface area (Å²) in [5, 5.41) is 3.08. The lowest BCUT2D eigenvalue weighted by Gasteiger charge is -2.20. The van der Waals surface area contributed by atoms with Crippen molar-refractivity contribution in [3.63, 3.8) is 0 Å². The van der Waals surface area contributed by atoms with E-state index in [4.69, 9.17) is 0 Å². The Bertz CT molecular complexity index is 444. The average Bonchev–Trinajstić information content (AvgIpc) is 2.38. The highest BCUT2D eigenvalue weighted by molar-refractivity contribution is 5.27. The Balaban J connectivity index is 2.43. The van der Waals surface area contributed by atoms with Gasteiger partial charge in [0.15, 0.2) is 0 Å². The van der Waals surface area contributed by atoms with Crippen LogP contribution in [0.4, 0.5) is 17.6 Å². The molecular weight excluding hydrogens is 284 g/mol. The summed E-state index contributed by atoms with van der Waals surface area (Å²) in [5.41, 5.74) is -0.776. The van der Waals surface area contributed by atoms with Crippen molar-refractivity contribution in [1.29, 1.82) is 0 Å². The van der Waals surface area contributed by atoms with Gasteiger partial charge in [-0.25, -0.2) is 4.39 Å². The smallest absolute Gasteiger partial charge is 0.313 e. The highest BCUT2D eigenvalue weighted by atomic mass is 19.4. The number of nitrogens with zero attached hydrogens (tertiary/aromatic N) is 1. The van der Waals surface area contributed by atoms with Crippen molar-refractivity contribution in [2.75, 3.05) is 20.1 Å². The minimum Gasteiger partial charge on any atom is -0.313 e. The molecule has 0 saturated heterocycles. The topological polar surface area (TPSA) is 15.3 Å². The van der Waals surface area contributed by atoms with E-state index in [1.54, 1.807) is 0 Å². The molecular formula is C15H22F4N2. The fourth-order valence-corrected chi connectivity index (χ4v) is 1.84. The van der Waals surface area contributed by atoms with Gasteiger partial charge in [0.25, 0.3) is 0 Å². The van der Waals surface area contributed by atoms with Gasteiger partial charge in [0.1, 0.15) is 5.82 Å². The maximum absolute atomic E-state index is 13.1. The van der Waals surface area contributed by atoms with E-state index in [-0.39, 0.29) is 0 Å². The molecule has 0 aliphatic heterocycles. The molecule has 0 spiro atoms. The zero-order valence-corrected chi connectivity index (χ0v) is 12.6. The predicted octanol–water partition coefficient (Wildman–Crippen LogP) is 3.66. The summed E-state index contributed by atoms with van der Waals surface area (Å²) in [6, 6.07) is 3.57. The number of hydrogen-bond acceptors (Lipinski definition) is 2. The van der Waals surface area contributed by atoms with Gasteiger partial charge in [-0.3, -0.25) is 0 Å². The molecule has 1 aromatic carbocycles. The maximum Gasteiger partial charge on any atom is 0.419 e. The lowest BCUT2D eigenvalue weighted by atomic mass is 10.1. The summed E-state index contributed by atoms with van der Waals surface area (Å²) in [6.45, 7) is 6.13. The number of benzene rings is 1. The van der Waals surface area contributed by atoms with E-state index in [0.717, 1.165) is 25.1 Å². The quantitative estimate of drug-likeness (QED) is 0.611. The van der Waals surface area contributed by atoms with Crippen LogP contribution in [0.2, 0.25) is 0 Å². The van der Waals surface area contributed by atoms with Gasteiger partial charge in [-0.1, -0.05) is 6.07 Å². The second kappa shape index (κ2) is 7.75. The van der Waals surface area contributed by atoms with Crippen molar-refractivity contribution in [3.8, 4) is 0 Å². The molecule has 0 aromatic heterocycles. The molecule has 0 aliphatic rings. The number of nitrogens with one attached hydrogen (secondary N) is 1. The molecule has 0 amide bonds. The third-order valence-corrected chi connectivity index (χ3v) is 3.41. The van der Waals surface area contributed by atoms with Crippen molar-refractivity contribution in [2.45, 2.75) is 39.0 Å². The Morgan fingerprint density at radius 3 is 2.48 bits per heavy atom. The van der Waals surface area contributed by atoms with Crippen molar-refractivity contribution in [3.05, 3.63) is 35.1 Å². The summed E-state index contributed by atoms with van der Waals surface area (Å²) >= 11 is 0. The SMILES string of the molecule is CC(C)N(C)CCCNCc1ccc(F)c(C(F)(F)F)c1. The monoisotopic (exact) mass is 306 g/mol. The van der Waals surface area contributed by atoms with E-state index >= 15 is 0 Å². The van der Waals surface area contributed by atoms with Crippen LogP contribution in [0.25, 0.3) is 0 Å². The molecule has 0 bridgehead atoms. The Kier molecular flexibility index (Phi) is 6.61. The molecule has 6 heteroatoms. The van der Waals surface area contributed by atoms with E-state index in [2.05, 4.69) is 24.1 Å². The van der Waals surface area contributed by atoms with Gasteiger partial charge in [-0.2, -0.15) is 13.2 Å². The number of alkyl halides is 3. The maximum atomic E-state index is 13.1. The minimum atomic E-state index is -4.65. The minimum absolute atomic E-state index is 0.300. The third-order valence-electron chi connectivity index (χ3n) is 3.41. The molecule has 120 valence electrons. The Hall–Kier alpha value is -1.14. The second-order valence-corrected chi connectivity index (χ2v) is 5.42. The van der Waals surface area contributed by atoms with Crippen molar-refractivity contribution in [1.82, 2.24) is 10.2 Å². The number of hydrogen-bond donors (Lipinski definition) is 1. The van der Waals surface area contributed by atoms with Crippen LogP contribution >= 0.6 is 0 Å². The van der Waals surface area contributed by atoms with Gasteiger partial charge in [0, 0.05) is 12.6 Å². The molecule has 0 fully saturated rings. The van der Waals surface area contributed by atoms with Crippen LogP contribution in [-0.2, 0) is 12.7 Å². The Labute approximate surface area is 123 Å². The van der Waals surface area contributed by atoms with E-state index in [1.807, 2.05) is 7.05 Å². The van der Waals surface area contributed by atoms with Crippen LogP contribution in [0, 0.1) is 5.82 Å². The lowest BCUT2D eigenvalue weighted by Crippen LogP contribution is -2.29. The molecule has 0 saturated carbocycles. The molecule has 2 nitrogen and oxygen atoms in total. The van der Waals surface area contributed by atoms with Gasteiger partial charge >= 0.3 is 6.18 Å². The van der Waals surface area contributed by atoms with Crippen LogP contribution in [0.15, 0.2) is 18.2 Å². The van der Waals surface area contributed by atoms with E-state index in [0.29, 0.717) is 24.7 Å². The average molecular weight is 306 g/mol. The second-order valence-electron chi connectivity index (χ2n) is 5.42. The van der Waals surface area contributed by atoms with E-state index in [1.165, 1.54) is 6.07 Å². The molecule has 21 heavy (non-hydrogen) atoms. The van der Waals surface area contributed by atoms with Crippen LogP contribution in [0.3, 0.4) is 0 Å². The summed E-state index contributed by atoms with van der Waals surface area (Å²) in [4.78, 5) is 2.20. The van der Waals surface area contributed by atoms with E-state index < -0.39 is 17.6 Å². The first-order valence-electron chi connectivity index (χ1n) is 6.98. The molecule has 1 N–H and O–H groups in total. The Morgan fingerprint density at radius 2 is 1.90 bits per heavy atom. The molecule has 0 unspecified atom stereocenters. The van der Waals surface area contributed by atoms with Gasteiger partial charge < -0.3 is 10.2 Å². The largest absolute Gasteiger partial charge is 0.419 e. The molecule has 0 heterocycles. The first-order chi connectivity index (χ1) is 9.71. The fourth-order valence-electron chi connectivity index (χ4n) is 1.84. The van der Waals surface area contributed by atoms with Crippen LogP contribution in [0.1, 0.15) is 31.4 Å². The van der Waals surface area contributed by atoms with Crippen LogP contribution in [-0.4, -0.2) is 31.1 Å². The van der Waals surface area contributed by atoms with Crippen molar-refractivity contribution in [2.24, 2.45) is 0 Å².